The van der Waals surface area contributed by atoms with Crippen molar-refractivity contribution in [3.63, 3.8) is 0 Å². The summed E-state index contributed by atoms with van der Waals surface area (Å²) in [5.74, 6) is 6.09. The highest BCUT2D eigenvalue weighted by atomic mass is 15.2. The van der Waals surface area contributed by atoms with E-state index in [-0.39, 0.29) is 6.04 Å². The predicted octanol–water partition coefficient (Wildman–Crippen LogP) is 0.853. The van der Waals surface area contributed by atoms with Crippen LogP contribution in [0.5, 0.6) is 0 Å². The molecule has 1 heterocycles. The fourth-order valence-electron chi connectivity index (χ4n) is 1.66. The van der Waals surface area contributed by atoms with Crippen LogP contribution in [0.1, 0.15) is 22.7 Å². The predicted molar refractivity (Wildman–Crippen MR) is 63.3 cm³/mol. The number of aromatic nitrogens is 2. The summed E-state index contributed by atoms with van der Waals surface area (Å²) in [5.41, 5.74) is 11.6. The van der Waals surface area contributed by atoms with E-state index < -0.39 is 0 Å². The molecule has 0 bridgehead atoms. The number of hydrogen-bond donors (Lipinski definition) is 4. The van der Waals surface area contributed by atoms with Crippen molar-refractivity contribution in [3.8, 4) is 0 Å². The number of aromatic amines is 1. The number of nitrogens with zero attached hydrogens (tertiary/aromatic N) is 1. The van der Waals surface area contributed by atoms with E-state index in [1.54, 1.807) is 6.20 Å². The molecule has 0 amide bonds. The van der Waals surface area contributed by atoms with Crippen LogP contribution in [0.15, 0.2) is 30.5 Å². The summed E-state index contributed by atoms with van der Waals surface area (Å²) < 4.78 is 0. The molecule has 16 heavy (non-hydrogen) atoms. The summed E-state index contributed by atoms with van der Waals surface area (Å²) in [5, 5.41) is 6.58. The highest BCUT2D eigenvalue weighted by Gasteiger charge is 2.16. The van der Waals surface area contributed by atoms with Crippen LogP contribution in [-0.2, 0) is 0 Å². The van der Waals surface area contributed by atoms with Crippen LogP contribution in [0.4, 0.5) is 5.82 Å². The second-order valence-electron chi connectivity index (χ2n) is 3.75. The molecule has 0 saturated heterocycles. The maximum Gasteiger partial charge on any atom is 0.124 e. The fraction of sp³-hybridized carbons (Fsp3) is 0.182. The average Bonchev–Trinajstić information content (AvgIpc) is 2.69. The molecular weight excluding hydrogens is 202 g/mol. The topological polar surface area (TPSA) is 92.7 Å². The van der Waals surface area contributed by atoms with Gasteiger partial charge in [-0.25, -0.2) is 5.43 Å². The van der Waals surface area contributed by atoms with Crippen molar-refractivity contribution in [2.24, 2.45) is 5.84 Å². The standard InChI is InChI=1S/C11H15N5/c1-7-2-4-8(5-3-7)10(15-13)9-6-14-16-11(9)12/h2-6,10,15H,13H2,1H3,(H3,12,14,16). The van der Waals surface area contributed by atoms with Crippen LogP contribution >= 0.6 is 0 Å². The van der Waals surface area contributed by atoms with Gasteiger partial charge in [-0.15, -0.1) is 0 Å². The number of benzene rings is 1. The Hall–Kier alpha value is -1.85. The number of nitrogens with one attached hydrogen (secondary N) is 2. The molecule has 1 aromatic carbocycles. The number of anilines is 1. The lowest BCUT2D eigenvalue weighted by molar-refractivity contribution is 0.638. The molecule has 0 saturated carbocycles. The number of aryl methyl sites for hydroxylation is 1. The Morgan fingerprint density at radius 3 is 2.50 bits per heavy atom. The molecule has 0 aliphatic carbocycles. The van der Waals surface area contributed by atoms with Gasteiger partial charge < -0.3 is 5.73 Å². The number of nitrogens with two attached hydrogens (primary N) is 2. The first kappa shape index (κ1) is 10.7. The molecule has 0 aliphatic heterocycles. The first-order valence-electron chi connectivity index (χ1n) is 5.04. The van der Waals surface area contributed by atoms with Crippen LogP contribution in [-0.4, -0.2) is 10.2 Å². The number of H-pyrrole nitrogens is 1. The maximum atomic E-state index is 5.77. The highest BCUT2D eigenvalue weighted by Crippen LogP contribution is 2.24. The normalized spacial score (nSPS) is 12.6. The van der Waals surface area contributed by atoms with Gasteiger partial charge in [-0.05, 0) is 12.5 Å². The molecule has 1 unspecified atom stereocenters. The minimum atomic E-state index is -0.139. The maximum absolute atomic E-state index is 5.77. The third-order valence-corrected chi connectivity index (χ3v) is 2.59. The number of hydrazine groups is 1. The summed E-state index contributed by atoms with van der Waals surface area (Å²) in [6.07, 6.45) is 1.68. The Morgan fingerprint density at radius 1 is 1.31 bits per heavy atom. The minimum absolute atomic E-state index is 0.139. The number of nitrogen functional groups attached to an aromatic ring is 1. The van der Waals surface area contributed by atoms with Gasteiger partial charge in [-0.2, -0.15) is 5.10 Å². The van der Waals surface area contributed by atoms with E-state index in [0.717, 1.165) is 11.1 Å². The SMILES string of the molecule is Cc1ccc(C(NN)c2cn[nH]c2N)cc1. The molecule has 5 nitrogen and oxygen atoms in total. The molecule has 0 aliphatic rings. The average molecular weight is 217 g/mol. The van der Waals surface area contributed by atoms with Crippen LogP contribution in [0.3, 0.4) is 0 Å². The summed E-state index contributed by atoms with van der Waals surface area (Å²) in [6.45, 7) is 2.04. The van der Waals surface area contributed by atoms with Crippen LogP contribution in [0.2, 0.25) is 0 Å². The van der Waals surface area contributed by atoms with E-state index in [4.69, 9.17) is 11.6 Å². The summed E-state index contributed by atoms with van der Waals surface area (Å²) in [4.78, 5) is 0. The van der Waals surface area contributed by atoms with E-state index in [1.165, 1.54) is 5.56 Å². The zero-order chi connectivity index (χ0) is 11.5. The molecule has 2 rings (SSSR count). The third kappa shape index (κ3) is 1.91. The van der Waals surface area contributed by atoms with Crippen LogP contribution in [0, 0.1) is 6.92 Å². The van der Waals surface area contributed by atoms with E-state index in [9.17, 15) is 0 Å². The molecular formula is C11H15N5. The van der Waals surface area contributed by atoms with Crippen molar-refractivity contribution in [1.82, 2.24) is 15.6 Å². The van der Waals surface area contributed by atoms with Gasteiger partial charge in [0.15, 0.2) is 0 Å². The van der Waals surface area contributed by atoms with Gasteiger partial charge in [0, 0.05) is 5.56 Å². The van der Waals surface area contributed by atoms with Gasteiger partial charge >= 0.3 is 0 Å². The van der Waals surface area contributed by atoms with Crippen LogP contribution in [0.25, 0.3) is 0 Å². The summed E-state index contributed by atoms with van der Waals surface area (Å²) >= 11 is 0. The van der Waals surface area contributed by atoms with Crippen molar-refractivity contribution in [3.05, 3.63) is 47.2 Å². The van der Waals surface area contributed by atoms with E-state index in [1.807, 2.05) is 31.2 Å². The van der Waals surface area contributed by atoms with Crippen molar-refractivity contribution in [1.29, 1.82) is 0 Å². The molecule has 1 aromatic heterocycles. The molecule has 5 heteroatoms. The Morgan fingerprint density at radius 2 is 2.00 bits per heavy atom. The molecule has 84 valence electrons. The Balaban J connectivity index is 2.37. The highest BCUT2D eigenvalue weighted by molar-refractivity contribution is 5.44. The van der Waals surface area contributed by atoms with Crippen molar-refractivity contribution in [2.45, 2.75) is 13.0 Å². The minimum Gasteiger partial charge on any atom is -0.384 e. The van der Waals surface area contributed by atoms with Crippen molar-refractivity contribution < 1.29 is 0 Å². The van der Waals surface area contributed by atoms with Gasteiger partial charge in [0.1, 0.15) is 5.82 Å². The van der Waals surface area contributed by atoms with Crippen molar-refractivity contribution >= 4 is 5.82 Å². The second-order valence-corrected chi connectivity index (χ2v) is 3.75. The summed E-state index contributed by atoms with van der Waals surface area (Å²) in [6, 6.07) is 7.98. The third-order valence-electron chi connectivity index (χ3n) is 2.59. The van der Waals surface area contributed by atoms with Crippen molar-refractivity contribution in [2.75, 3.05) is 5.73 Å². The number of rotatable bonds is 3. The Bertz CT molecular complexity index is 459. The van der Waals surface area contributed by atoms with Gasteiger partial charge in [-0.3, -0.25) is 10.9 Å². The van der Waals surface area contributed by atoms with Gasteiger partial charge in [-0.1, -0.05) is 29.8 Å². The first-order chi connectivity index (χ1) is 7.72. The lowest BCUT2D eigenvalue weighted by Crippen LogP contribution is -2.29. The lowest BCUT2D eigenvalue weighted by atomic mass is 10.0. The Labute approximate surface area is 93.8 Å². The quantitative estimate of drug-likeness (QED) is 0.453. The first-order valence-corrected chi connectivity index (χ1v) is 5.04. The molecule has 2 aromatic rings. The monoisotopic (exact) mass is 217 g/mol. The zero-order valence-electron chi connectivity index (χ0n) is 9.07. The second kappa shape index (κ2) is 4.34. The number of hydrogen-bond acceptors (Lipinski definition) is 4. The van der Waals surface area contributed by atoms with Crippen LogP contribution < -0.4 is 17.0 Å². The fourth-order valence-corrected chi connectivity index (χ4v) is 1.66. The van der Waals surface area contributed by atoms with E-state index in [2.05, 4.69) is 15.6 Å². The Kier molecular flexibility index (Phi) is 2.89. The molecule has 0 radical (unpaired) electrons. The van der Waals surface area contributed by atoms with Gasteiger partial charge in [0.25, 0.3) is 0 Å². The van der Waals surface area contributed by atoms with Gasteiger partial charge in [0.05, 0.1) is 12.2 Å². The molecule has 0 fully saturated rings. The lowest BCUT2D eigenvalue weighted by Gasteiger charge is -2.15. The summed E-state index contributed by atoms with van der Waals surface area (Å²) in [7, 11) is 0. The van der Waals surface area contributed by atoms with Gasteiger partial charge in [0.2, 0.25) is 0 Å². The zero-order valence-corrected chi connectivity index (χ0v) is 9.07. The molecule has 0 spiro atoms. The largest absolute Gasteiger partial charge is 0.384 e. The molecule has 1 atom stereocenters. The smallest absolute Gasteiger partial charge is 0.124 e. The molecule has 6 N–H and O–H groups in total. The van der Waals surface area contributed by atoms with E-state index >= 15 is 0 Å². The van der Waals surface area contributed by atoms with E-state index in [0.29, 0.717) is 5.82 Å².